The van der Waals surface area contributed by atoms with Crippen LogP contribution in [0.2, 0.25) is 0 Å². The fourth-order valence-corrected chi connectivity index (χ4v) is 2.32. The zero-order chi connectivity index (χ0) is 15.6. The second kappa shape index (κ2) is 6.05. The van der Waals surface area contributed by atoms with Gasteiger partial charge in [-0.2, -0.15) is 0 Å². The van der Waals surface area contributed by atoms with Crippen molar-refractivity contribution in [1.29, 1.82) is 0 Å². The smallest absolute Gasteiger partial charge is 0.270 e. The molecule has 0 bridgehead atoms. The fraction of sp³-hybridized carbons (Fsp3) is 0.133. The fourth-order valence-electron chi connectivity index (χ4n) is 1.84. The topological polar surface area (TPSA) is 69.4 Å². The van der Waals surface area contributed by atoms with Crippen molar-refractivity contribution in [3.8, 4) is 11.5 Å². The van der Waals surface area contributed by atoms with Gasteiger partial charge in [-0.05, 0) is 43.7 Å². The van der Waals surface area contributed by atoms with Gasteiger partial charge in [0, 0.05) is 16.6 Å². The molecule has 2 aromatic rings. The predicted molar refractivity (Wildman–Crippen MR) is 82.1 cm³/mol. The van der Waals surface area contributed by atoms with Crippen molar-refractivity contribution in [2.75, 3.05) is 0 Å². The summed E-state index contributed by atoms with van der Waals surface area (Å²) in [5.74, 6) is 0.608. The largest absolute Gasteiger partial charge is 0.456 e. The Morgan fingerprint density at radius 3 is 2.43 bits per heavy atom. The second-order valence-corrected chi connectivity index (χ2v) is 5.42. The van der Waals surface area contributed by atoms with E-state index in [1.807, 2.05) is 19.1 Å². The van der Waals surface area contributed by atoms with Crippen LogP contribution in [-0.4, -0.2) is 10.7 Å². The second-order valence-electron chi connectivity index (χ2n) is 4.51. The number of aryl methyl sites for hydroxylation is 1. The van der Waals surface area contributed by atoms with Gasteiger partial charge < -0.3 is 4.74 Å². The van der Waals surface area contributed by atoms with E-state index in [1.54, 1.807) is 6.07 Å². The van der Waals surface area contributed by atoms with Crippen molar-refractivity contribution in [2.45, 2.75) is 13.8 Å². The van der Waals surface area contributed by atoms with Crippen molar-refractivity contribution in [3.05, 3.63) is 62.1 Å². The molecule has 0 N–H and O–H groups in total. The summed E-state index contributed by atoms with van der Waals surface area (Å²) in [5.41, 5.74) is 0.934. The number of nitro benzene ring substituents is 1. The van der Waals surface area contributed by atoms with E-state index in [4.69, 9.17) is 4.74 Å². The summed E-state index contributed by atoms with van der Waals surface area (Å²) in [6.07, 6.45) is 0. The number of ether oxygens (including phenoxy) is 1. The van der Waals surface area contributed by atoms with Crippen LogP contribution in [0.1, 0.15) is 22.8 Å². The first-order valence-corrected chi connectivity index (χ1v) is 6.91. The minimum Gasteiger partial charge on any atom is -0.456 e. The Balaban J connectivity index is 2.44. The van der Waals surface area contributed by atoms with Crippen LogP contribution in [0, 0.1) is 17.0 Å². The molecule has 108 valence electrons. The molecule has 0 amide bonds. The number of nitro groups is 1. The van der Waals surface area contributed by atoms with Crippen molar-refractivity contribution < 1.29 is 14.5 Å². The van der Waals surface area contributed by atoms with E-state index >= 15 is 0 Å². The Labute approximate surface area is 129 Å². The molecule has 2 aromatic carbocycles. The highest BCUT2D eigenvalue weighted by molar-refractivity contribution is 9.10. The van der Waals surface area contributed by atoms with Gasteiger partial charge in [0.15, 0.2) is 5.78 Å². The Kier molecular flexibility index (Phi) is 4.37. The summed E-state index contributed by atoms with van der Waals surface area (Å²) in [5, 5.41) is 10.8. The molecule has 0 aromatic heterocycles. The Bertz CT molecular complexity index is 728. The highest BCUT2D eigenvalue weighted by atomic mass is 79.9. The van der Waals surface area contributed by atoms with Gasteiger partial charge in [0.1, 0.15) is 11.5 Å². The van der Waals surface area contributed by atoms with Crippen molar-refractivity contribution in [1.82, 2.24) is 0 Å². The summed E-state index contributed by atoms with van der Waals surface area (Å²) in [6, 6.07) is 9.46. The van der Waals surface area contributed by atoms with Gasteiger partial charge in [-0.25, -0.2) is 0 Å². The first-order chi connectivity index (χ1) is 9.88. The van der Waals surface area contributed by atoms with Crippen LogP contribution in [-0.2, 0) is 0 Å². The number of benzene rings is 2. The number of hydrogen-bond acceptors (Lipinski definition) is 4. The van der Waals surface area contributed by atoms with Crippen LogP contribution >= 0.6 is 15.9 Å². The normalized spacial score (nSPS) is 10.2. The number of non-ortho nitro benzene ring substituents is 1. The quantitative estimate of drug-likeness (QED) is 0.457. The molecule has 21 heavy (non-hydrogen) atoms. The van der Waals surface area contributed by atoms with Crippen molar-refractivity contribution in [2.24, 2.45) is 0 Å². The van der Waals surface area contributed by atoms with Gasteiger partial charge in [0.25, 0.3) is 5.69 Å². The third kappa shape index (κ3) is 3.46. The standard InChI is InChI=1S/C15H12BrNO4/c1-9-7-11(16)3-5-14(9)21-15-6-4-12(17(19)20)8-13(15)10(2)18/h3-8H,1-2H3. The Morgan fingerprint density at radius 1 is 1.19 bits per heavy atom. The number of hydrogen-bond donors (Lipinski definition) is 0. The maximum absolute atomic E-state index is 11.7. The lowest BCUT2D eigenvalue weighted by Crippen LogP contribution is -2.00. The number of ketones is 1. The lowest BCUT2D eigenvalue weighted by Gasteiger charge is -2.11. The van der Waals surface area contributed by atoms with Gasteiger partial charge in [-0.3, -0.25) is 14.9 Å². The van der Waals surface area contributed by atoms with Crippen LogP contribution in [0.5, 0.6) is 11.5 Å². The molecule has 6 heteroatoms. The summed E-state index contributed by atoms with van der Waals surface area (Å²) >= 11 is 3.36. The molecule has 0 atom stereocenters. The zero-order valence-electron chi connectivity index (χ0n) is 11.4. The average Bonchev–Trinajstić information content (AvgIpc) is 2.41. The van der Waals surface area contributed by atoms with Crippen LogP contribution in [0.4, 0.5) is 5.69 Å². The van der Waals surface area contributed by atoms with Gasteiger partial charge in [0.05, 0.1) is 10.5 Å². The summed E-state index contributed by atoms with van der Waals surface area (Å²) in [7, 11) is 0. The molecule has 5 nitrogen and oxygen atoms in total. The molecule has 0 fully saturated rings. The van der Waals surface area contributed by atoms with Crippen LogP contribution in [0.15, 0.2) is 40.9 Å². The molecule has 0 aliphatic heterocycles. The zero-order valence-corrected chi connectivity index (χ0v) is 13.0. The monoisotopic (exact) mass is 349 g/mol. The molecule has 0 aliphatic rings. The van der Waals surface area contributed by atoms with Crippen LogP contribution < -0.4 is 4.74 Å². The van der Waals surface area contributed by atoms with E-state index in [-0.39, 0.29) is 17.0 Å². The van der Waals surface area contributed by atoms with E-state index in [9.17, 15) is 14.9 Å². The molecule has 0 saturated heterocycles. The minimum absolute atomic E-state index is 0.139. The van der Waals surface area contributed by atoms with Gasteiger partial charge in [0.2, 0.25) is 0 Å². The number of carbonyl (C=O) groups excluding carboxylic acids is 1. The molecule has 0 heterocycles. The lowest BCUT2D eigenvalue weighted by atomic mass is 10.1. The number of halogens is 1. The van der Waals surface area contributed by atoms with Crippen LogP contribution in [0.3, 0.4) is 0 Å². The van der Waals surface area contributed by atoms with E-state index in [0.717, 1.165) is 10.0 Å². The first kappa shape index (κ1) is 15.2. The summed E-state index contributed by atoms with van der Waals surface area (Å²) in [4.78, 5) is 21.9. The highest BCUT2D eigenvalue weighted by Crippen LogP contribution is 2.31. The molecule has 2 rings (SSSR count). The first-order valence-electron chi connectivity index (χ1n) is 6.12. The number of rotatable bonds is 4. The van der Waals surface area contributed by atoms with E-state index in [0.29, 0.717) is 11.5 Å². The minimum atomic E-state index is -0.541. The third-order valence-electron chi connectivity index (χ3n) is 2.91. The van der Waals surface area contributed by atoms with Crippen molar-refractivity contribution >= 4 is 27.4 Å². The van der Waals surface area contributed by atoms with Crippen LogP contribution in [0.25, 0.3) is 0 Å². The molecule has 0 spiro atoms. The lowest BCUT2D eigenvalue weighted by molar-refractivity contribution is -0.384. The van der Waals surface area contributed by atoms with Gasteiger partial charge in [-0.15, -0.1) is 0 Å². The number of nitrogens with zero attached hydrogens (tertiary/aromatic N) is 1. The number of Topliss-reactive ketones (excluding diaryl/α,β-unsaturated/α-hetero) is 1. The van der Waals surface area contributed by atoms with E-state index < -0.39 is 4.92 Å². The van der Waals surface area contributed by atoms with E-state index in [1.165, 1.54) is 25.1 Å². The molecule has 0 saturated carbocycles. The Morgan fingerprint density at radius 2 is 1.86 bits per heavy atom. The Hall–Kier alpha value is -2.21. The van der Waals surface area contributed by atoms with Gasteiger partial charge >= 0.3 is 0 Å². The predicted octanol–water partition coefficient (Wildman–Crippen LogP) is 4.66. The summed E-state index contributed by atoms with van der Waals surface area (Å²) in [6.45, 7) is 3.22. The SMILES string of the molecule is CC(=O)c1cc([N+](=O)[O-])ccc1Oc1ccc(Br)cc1C. The maximum Gasteiger partial charge on any atom is 0.270 e. The molecule has 0 aliphatic carbocycles. The van der Waals surface area contributed by atoms with Gasteiger partial charge in [-0.1, -0.05) is 15.9 Å². The average molecular weight is 350 g/mol. The third-order valence-corrected chi connectivity index (χ3v) is 3.40. The molecular formula is C15H12BrNO4. The summed E-state index contributed by atoms with van der Waals surface area (Å²) < 4.78 is 6.65. The molecule has 0 unspecified atom stereocenters. The molecular weight excluding hydrogens is 338 g/mol. The molecule has 0 radical (unpaired) electrons. The van der Waals surface area contributed by atoms with Crippen molar-refractivity contribution in [3.63, 3.8) is 0 Å². The van der Waals surface area contributed by atoms with E-state index in [2.05, 4.69) is 15.9 Å². The number of carbonyl (C=O) groups is 1. The maximum atomic E-state index is 11.7. The highest BCUT2D eigenvalue weighted by Gasteiger charge is 2.16.